The van der Waals surface area contributed by atoms with Crippen molar-refractivity contribution < 1.29 is 4.74 Å². The van der Waals surface area contributed by atoms with E-state index in [1.54, 1.807) is 10.9 Å². The van der Waals surface area contributed by atoms with Crippen molar-refractivity contribution in [3.05, 3.63) is 61.2 Å². The number of hydrogen-bond donors (Lipinski definition) is 2. The van der Waals surface area contributed by atoms with Crippen molar-refractivity contribution in [2.24, 2.45) is 0 Å². The van der Waals surface area contributed by atoms with Gasteiger partial charge in [0.1, 0.15) is 12.4 Å². The fourth-order valence-corrected chi connectivity index (χ4v) is 3.70. The van der Waals surface area contributed by atoms with Crippen molar-refractivity contribution in [1.29, 1.82) is 0 Å². The maximum absolute atomic E-state index is 6.01. The average Bonchev–Trinajstić information content (AvgIpc) is 3.39. The number of nitrogens with zero attached hydrogens (tertiary/aromatic N) is 5. The summed E-state index contributed by atoms with van der Waals surface area (Å²) >= 11 is 0. The van der Waals surface area contributed by atoms with Crippen molar-refractivity contribution in [2.45, 2.75) is 0 Å². The van der Waals surface area contributed by atoms with Crippen LogP contribution in [-0.2, 0) is 0 Å². The van der Waals surface area contributed by atoms with E-state index in [0.29, 0.717) is 18.1 Å². The molecule has 0 atom stereocenters. The molecule has 29 heavy (non-hydrogen) atoms. The van der Waals surface area contributed by atoms with Crippen LogP contribution in [0.5, 0.6) is 5.75 Å². The Morgan fingerprint density at radius 1 is 1.14 bits per heavy atom. The van der Waals surface area contributed by atoms with Gasteiger partial charge in [-0.25, -0.2) is 14.6 Å². The molecule has 0 amide bonds. The minimum atomic E-state index is 0.648. The van der Waals surface area contributed by atoms with Gasteiger partial charge < -0.3 is 20.2 Å². The molecule has 0 fully saturated rings. The molecule has 0 radical (unpaired) electrons. The summed E-state index contributed by atoms with van der Waals surface area (Å²) in [4.78, 5) is 9.41. The molecule has 0 saturated carbocycles. The number of benzene rings is 2. The highest BCUT2D eigenvalue weighted by molar-refractivity contribution is 5.84. The van der Waals surface area contributed by atoms with Crippen molar-refractivity contribution in [2.75, 3.05) is 24.2 Å². The number of hydrogen-bond acceptors (Lipinski definition) is 6. The third kappa shape index (κ3) is 2.49. The lowest BCUT2D eigenvalue weighted by molar-refractivity contribution is 0.323. The molecule has 0 unspecified atom stereocenters. The molecule has 2 aromatic carbocycles. The lowest BCUT2D eigenvalue weighted by Gasteiger charge is -2.19. The standard InChI is InChI=1S/C21H17N7O/c22-15-3-1-14-11-25-28(18(14)10-15)21-20-24-5-7-27(20)12-17(26-21)13-2-4-19-16(9-13)23-6-8-29-19/h1-5,7,9-12,23H,6,8,22H2. The van der Waals surface area contributed by atoms with Gasteiger partial charge in [0.05, 0.1) is 23.1 Å². The van der Waals surface area contributed by atoms with Crippen LogP contribution in [0.1, 0.15) is 0 Å². The van der Waals surface area contributed by atoms with Crippen LogP contribution >= 0.6 is 0 Å². The Bertz CT molecular complexity index is 1380. The van der Waals surface area contributed by atoms with E-state index in [1.165, 1.54) is 0 Å². The summed E-state index contributed by atoms with van der Waals surface area (Å²) in [6, 6.07) is 11.8. The van der Waals surface area contributed by atoms with Gasteiger partial charge in [-0.3, -0.25) is 0 Å². The van der Waals surface area contributed by atoms with E-state index < -0.39 is 0 Å². The molecule has 1 aliphatic heterocycles. The van der Waals surface area contributed by atoms with Gasteiger partial charge in [0.15, 0.2) is 11.5 Å². The van der Waals surface area contributed by atoms with Crippen molar-refractivity contribution in [1.82, 2.24) is 24.1 Å². The Morgan fingerprint density at radius 2 is 2.10 bits per heavy atom. The van der Waals surface area contributed by atoms with Gasteiger partial charge in [0.2, 0.25) is 0 Å². The molecule has 0 spiro atoms. The van der Waals surface area contributed by atoms with E-state index in [2.05, 4.69) is 21.5 Å². The Morgan fingerprint density at radius 3 is 3.07 bits per heavy atom. The smallest absolute Gasteiger partial charge is 0.198 e. The molecular formula is C21H17N7O. The molecule has 4 heterocycles. The highest BCUT2D eigenvalue weighted by atomic mass is 16.5. The van der Waals surface area contributed by atoms with Crippen LogP contribution < -0.4 is 15.8 Å². The third-order valence-corrected chi connectivity index (χ3v) is 5.10. The number of ether oxygens (including phenoxy) is 1. The summed E-state index contributed by atoms with van der Waals surface area (Å²) in [5.74, 6) is 1.51. The Balaban J connectivity index is 1.58. The van der Waals surface area contributed by atoms with E-state index in [0.717, 1.165) is 45.8 Å². The first kappa shape index (κ1) is 15.9. The fraction of sp³-hybridized carbons (Fsp3) is 0.0952. The Hall–Kier alpha value is -4.07. The lowest BCUT2D eigenvalue weighted by Crippen LogP contribution is -2.17. The number of anilines is 2. The first-order valence-electron chi connectivity index (χ1n) is 9.35. The van der Waals surface area contributed by atoms with Crippen LogP contribution in [0, 0.1) is 0 Å². The van der Waals surface area contributed by atoms with Crippen molar-refractivity contribution in [3.8, 4) is 22.8 Å². The van der Waals surface area contributed by atoms with E-state index in [4.69, 9.17) is 15.5 Å². The number of nitrogen functional groups attached to an aromatic ring is 1. The first-order valence-corrected chi connectivity index (χ1v) is 9.35. The van der Waals surface area contributed by atoms with Crippen molar-refractivity contribution >= 4 is 27.9 Å². The Kier molecular flexibility index (Phi) is 3.28. The summed E-state index contributed by atoms with van der Waals surface area (Å²) in [6.45, 7) is 1.46. The third-order valence-electron chi connectivity index (χ3n) is 5.10. The zero-order valence-electron chi connectivity index (χ0n) is 15.4. The second kappa shape index (κ2) is 5.96. The maximum Gasteiger partial charge on any atom is 0.198 e. The highest BCUT2D eigenvalue weighted by Crippen LogP contribution is 2.32. The van der Waals surface area contributed by atoms with Crippen LogP contribution in [0.15, 0.2) is 61.2 Å². The molecule has 8 heteroatoms. The number of fused-ring (bicyclic) bond motifs is 3. The van der Waals surface area contributed by atoms with Crippen LogP contribution in [0.4, 0.5) is 11.4 Å². The molecule has 8 nitrogen and oxygen atoms in total. The normalized spacial score (nSPS) is 13.2. The Labute approximate surface area is 165 Å². The van der Waals surface area contributed by atoms with Crippen LogP contribution in [0.2, 0.25) is 0 Å². The molecule has 142 valence electrons. The summed E-state index contributed by atoms with van der Waals surface area (Å²) in [5.41, 5.74) is 11.1. The molecule has 1 aliphatic rings. The highest BCUT2D eigenvalue weighted by Gasteiger charge is 2.16. The second-order valence-electron chi connectivity index (χ2n) is 6.97. The zero-order chi connectivity index (χ0) is 19.4. The minimum Gasteiger partial charge on any atom is -0.490 e. The monoisotopic (exact) mass is 383 g/mol. The topological polar surface area (TPSA) is 95.3 Å². The predicted molar refractivity (Wildman–Crippen MR) is 111 cm³/mol. The van der Waals surface area contributed by atoms with Gasteiger partial charge >= 0.3 is 0 Å². The van der Waals surface area contributed by atoms with Gasteiger partial charge in [0.25, 0.3) is 0 Å². The summed E-state index contributed by atoms with van der Waals surface area (Å²) in [6.07, 6.45) is 7.44. The quantitative estimate of drug-likeness (QED) is 0.455. The summed E-state index contributed by atoms with van der Waals surface area (Å²) < 4.78 is 9.44. The van der Waals surface area contributed by atoms with E-state index >= 15 is 0 Å². The van der Waals surface area contributed by atoms with Gasteiger partial charge in [0, 0.05) is 41.8 Å². The molecule has 3 N–H and O–H groups in total. The lowest BCUT2D eigenvalue weighted by atomic mass is 10.1. The number of rotatable bonds is 2. The largest absolute Gasteiger partial charge is 0.490 e. The number of aromatic nitrogens is 5. The molecule has 3 aromatic heterocycles. The molecule has 0 saturated heterocycles. The molecule has 5 aromatic rings. The van der Waals surface area contributed by atoms with Crippen LogP contribution in [0.3, 0.4) is 0 Å². The first-order chi connectivity index (χ1) is 14.3. The average molecular weight is 383 g/mol. The SMILES string of the molecule is Nc1ccc2cnn(-c3nc(-c4ccc5c(c4)NCCO5)cn4ccnc34)c2c1. The van der Waals surface area contributed by atoms with Gasteiger partial charge in [-0.05, 0) is 36.4 Å². The van der Waals surface area contributed by atoms with Gasteiger partial charge in [-0.15, -0.1) is 0 Å². The maximum atomic E-state index is 6.01. The van der Waals surface area contributed by atoms with Crippen LogP contribution in [0.25, 0.3) is 33.6 Å². The minimum absolute atomic E-state index is 0.648. The van der Waals surface area contributed by atoms with E-state index in [9.17, 15) is 0 Å². The predicted octanol–water partition coefficient (Wildman–Crippen LogP) is 3.12. The number of nitrogens with two attached hydrogens (primary N) is 1. The summed E-state index contributed by atoms with van der Waals surface area (Å²) in [7, 11) is 0. The van der Waals surface area contributed by atoms with Crippen molar-refractivity contribution in [3.63, 3.8) is 0 Å². The molecule has 0 bridgehead atoms. The number of nitrogens with one attached hydrogen (secondary N) is 1. The molecule has 0 aliphatic carbocycles. The molecule has 6 rings (SSSR count). The van der Waals surface area contributed by atoms with Gasteiger partial charge in [-0.1, -0.05) is 0 Å². The fourth-order valence-electron chi connectivity index (χ4n) is 3.70. The second-order valence-corrected chi connectivity index (χ2v) is 6.97. The van der Waals surface area contributed by atoms with Crippen LogP contribution in [-0.4, -0.2) is 37.3 Å². The zero-order valence-corrected chi connectivity index (χ0v) is 15.4. The van der Waals surface area contributed by atoms with E-state index in [1.807, 2.05) is 53.3 Å². The van der Waals surface area contributed by atoms with Gasteiger partial charge in [-0.2, -0.15) is 5.10 Å². The molecular weight excluding hydrogens is 366 g/mol. The van der Waals surface area contributed by atoms with E-state index in [-0.39, 0.29) is 0 Å². The summed E-state index contributed by atoms with van der Waals surface area (Å²) in [5, 5.41) is 8.92. The number of imidazole rings is 1.